The van der Waals surface area contributed by atoms with E-state index in [4.69, 9.17) is 12.2 Å². The molecule has 0 unspecified atom stereocenters. The fourth-order valence-electron chi connectivity index (χ4n) is 3.14. The minimum Gasteiger partial charge on any atom is -0.406 e. The molecule has 0 atom stereocenters. The van der Waals surface area contributed by atoms with Crippen molar-refractivity contribution in [3.05, 3.63) is 78.1 Å². The van der Waals surface area contributed by atoms with Gasteiger partial charge in [0.05, 0.1) is 0 Å². The van der Waals surface area contributed by atoms with Gasteiger partial charge < -0.3 is 15.0 Å². The molecular weight excluding hydrogens is 489 g/mol. The molecule has 0 aliphatic rings. The minimum absolute atomic E-state index is 0.297. The van der Waals surface area contributed by atoms with Gasteiger partial charge in [-0.05, 0) is 60.1 Å². The quantitative estimate of drug-likeness (QED) is 0.209. The van der Waals surface area contributed by atoms with E-state index in [1.807, 2.05) is 18.2 Å². The van der Waals surface area contributed by atoms with Gasteiger partial charge in [0.1, 0.15) is 5.75 Å². The van der Waals surface area contributed by atoms with Crippen molar-refractivity contribution in [3.8, 4) is 5.75 Å². The lowest BCUT2D eigenvalue weighted by molar-refractivity contribution is -0.274. The molecule has 0 saturated heterocycles. The number of ether oxygens (including phenoxy) is 1. The Labute approximate surface area is 212 Å². The molecule has 188 valence electrons. The van der Waals surface area contributed by atoms with Crippen molar-refractivity contribution in [2.75, 3.05) is 17.3 Å². The number of nitrogens with one attached hydrogen (secondary N) is 2. The minimum atomic E-state index is -4.73. The number of hydrogen-bond acceptors (Lipinski definition) is 6. The number of hydrazone groups is 1. The molecule has 3 rings (SSSR count). The zero-order chi connectivity index (χ0) is 26.1. The van der Waals surface area contributed by atoms with Crippen LogP contribution in [0.3, 0.4) is 0 Å². The summed E-state index contributed by atoms with van der Waals surface area (Å²) in [6.45, 7) is 4.23. The van der Waals surface area contributed by atoms with Gasteiger partial charge in [-0.3, -0.25) is 5.43 Å². The number of allylic oxidation sites excluding steroid dienone is 1. The number of benzene rings is 2. The molecule has 0 radical (unpaired) electrons. The number of para-hydroxylation sites is 1. The average Bonchev–Trinajstić information content (AvgIpc) is 2.83. The van der Waals surface area contributed by atoms with Crippen LogP contribution in [0, 0.1) is 0 Å². The second-order valence-corrected chi connectivity index (χ2v) is 8.27. The lowest BCUT2D eigenvalue weighted by Crippen LogP contribution is -2.24. The molecule has 0 spiro atoms. The van der Waals surface area contributed by atoms with E-state index in [-0.39, 0.29) is 5.75 Å². The van der Waals surface area contributed by atoms with Crippen molar-refractivity contribution in [1.82, 2.24) is 15.4 Å². The summed E-state index contributed by atoms with van der Waals surface area (Å²) in [5.74, 6) is 0.439. The normalized spacial score (nSPS) is 11.8. The van der Waals surface area contributed by atoms with Crippen LogP contribution in [0.2, 0.25) is 0 Å². The summed E-state index contributed by atoms with van der Waals surface area (Å²) < 4.78 is 40.8. The fourth-order valence-corrected chi connectivity index (χ4v) is 3.30. The molecule has 1 heterocycles. The van der Waals surface area contributed by atoms with Gasteiger partial charge in [0, 0.05) is 42.6 Å². The zero-order valence-corrected chi connectivity index (χ0v) is 20.6. The first-order chi connectivity index (χ1) is 17.1. The van der Waals surface area contributed by atoms with Crippen molar-refractivity contribution >= 4 is 46.9 Å². The highest BCUT2D eigenvalue weighted by molar-refractivity contribution is 7.80. The molecule has 2 aromatic carbocycles. The number of halogens is 3. The van der Waals surface area contributed by atoms with Crippen LogP contribution in [-0.4, -0.2) is 34.7 Å². The second-order valence-electron chi connectivity index (χ2n) is 7.86. The lowest BCUT2D eigenvalue weighted by Gasteiger charge is -2.17. The number of aromatic nitrogens is 2. The van der Waals surface area contributed by atoms with E-state index in [2.05, 4.69) is 50.5 Å². The monoisotopic (exact) mass is 514 g/mol. The van der Waals surface area contributed by atoms with Crippen LogP contribution in [0.25, 0.3) is 6.08 Å². The molecule has 0 amide bonds. The van der Waals surface area contributed by atoms with Crippen LogP contribution in [0.15, 0.2) is 72.1 Å². The maximum absolute atomic E-state index is 12.3. The SMILES string of the molecule is CC(C)c1ccccc1NC(=S)NN=CC=Cc1cnc(N(C)c2ccc(OC(F)(F)F)cc2)nc1. The van der Waals surface area contributed by atoms with Gasteiger partial charge in [0.2, 0.25) is 5.95 Å². The van der Waals surface area contributed by atoms with E-state index < -0.39 is 6.36 Å². The van der Waals surface area contributed by atoms with E-state index in [0.29, 0.717) is 22.7 Å². The van der Waals surface area contributed by atoms with Gasteiger partial charge in [0.25, 0.3) is 0 Å². The Morgan fingerprint density at radius 3 is 2.39 bits per heavy atom. The Bertz CT molecular complexity index is 1210. The summed E-state index contributed by atoms with van der Waals surface area (Å²) in [5, 5.41) is 7.60. The molecule has 36 heavy (non-hydrogen) atoms. The number of hydrogen-bond donors (Lipinski definition) is 2. The second kappa shape index (κ2) is 12.1. The van der Waals surface area contributed by atoms with Gasteiger partial charge in [-0.2, -0.15) is 5.10 Å². The summed E-state index contributed by atoms with van der Waals surface area (Å²) in [6.07, 6.45) is 3.53. The van der Waals surface area contributed by atoms with Crippen LogP contribution in [-0.2, 0) is 0 Å². The highest BCUT2D eigenvalue weighted by atomic mass is 32.1. The Kier molecular flexibility index (Phi) is 8.96. The van der Waals surface area contributed by atoms with Crippen LogP contribution in [0.4, 0.5) is 30.5 Å². The Balaban J connectivity index is 1.51. The molecule has 0 fully saturated rings. The summed E-state index contributed by atoms with van der Waals surface area (Å²) >= 11 is 5.29. The maximum atomic E-state index is 12.3. The average molecular weight is 515 g/mol. The van der Waals surface area contributed by atoms with Crippen molar-refractivity contribution in [2.45, 2.75) is 26.1 Å². The predicted molar refractivity (Wildman–Crippen MR) is 141 cm³/mol. The molecule has 1 aromatic heterocycles. The number of rotatable bonds is 8. The van der Waals surface area contributed by atoms with Crippen LogP contribution in [0.1, 0.15) is 30.9 Å². The van der Waals surface area contributed by atoms with E-state index in [1.54, 1.807) is 42.7 Å². The first-order valence-electron chi connectivity index (χ1n) is 10.9. The Morgan fingerprint density at radius 2 is 1.75 bits per heavy atom. The highest BCUT2D eigenvalue weighted by Gasteiger charge is 2.31. The van der Waals surface area contributed by atoms with Gasteiger partial charge in [0.15, 0.2) is 5.11 Å². The number of alkyl halides is 3. The van der Waals surface area contributed by atoms with Crippen molar-refractivity contribution < 1.29 is 17.9 Å². The molecule has 0 saturated carbocycles. The molecule has 2 N–H and O–H groups in total. The fraction of sp³-hybridized carbons (Fsp3) is 0.200. The Morgan fingerprint density at radius 1 is 1.08 bits per heavy atom. The van der Waals surface area contributed by atoms with Crippen molar-refractivity contribution in [3.63, 3.8) is 0 Å². The molecule has 7 nitrogen and oxygen atoms in total. The standard InChI is InChI=1S/C25H25F3N6OS/c1-17(2)21-8-4-5-9-22(21)32-24(36)33-31-14-6-7-18-15-29-23(30-16-18)34(3)19-10-12-20(13-11-19)35-25(26,27)28/h4-17H,1-3H3,(H2,32,33,36). The third-order valence-corrected chi connectivity index (χ3v) is 5.06. The number of nitrogens with zero attached hydrogens (tertiary/aromatic N) is 4. The lowest BCUT2D eigenvalue weighted by atomic mass is 10.0. The van der Waals surface area contributed by atoms with Crippen molar-refractivity contribution in [2.24, 2.45) is 5.10 Å². The molecule has 0 aliphatic heterocycles. The van der Waals surface area contributed by atoms with Gasteiger partial charge in [-0.25, -0.2) is 9.97 Å². The third kappa shape index (κ3) is 8.05. The smallest absolute Gasteiger partial charge is 0.406 e. The van der Waals surface area contributed by atoms with Gasteiger partial charge >= 0.3 is 6.36 Å². The zero-order valence-electron chi connectivity index (χ0n) is 19.8. The van der Waals surface area contributed by atoms with Crippen LogP contribution < -0.4 is 20.4 Å². The van der Waals surface area contributed by atoms with Crippen molar-refractivity contribution in [1.29, 1.82) is 0 Å². The van der Waals surface area contributed by atoms with E-state index in [0.717, 1.165) is 16.8 Å². The largest absolute Gasteiger partial charge is 0.573 e. The van der Waals surface area contributed by atoms with Gasteiger partial charge in [-0.15, -0.1) is 13.2 Å². The molecule has 11 heteroatoms. The molecule has 0 bridgehead atoms. The molecule has 0 aliphatic carbocycles. The number of thiocarbonyl (C=S) groups is 1. The highest BCUT2D eigenvalue weighted by Crippen LogP contribution is 2.27. The van der Waals surface area contributed by atoms with Crippen LogP contribution >= 0.6 is 12.2 Å². The summed E-state index contributed by atoms with van der Waals surface area (Å²) in [7, 11) is 1.71. The molecular formula is C25H25F3N6OS. The number of anilines is 3. The first-order valence-corrected chi connectivity index (χ1v) is 11.3. The van der Waals surface area contributed by atoms with E-state index in [9.17, 15) is 13.2 Å². The Hall–Kier alpha value is -3.99. The third-order valence-electron chi connectivity index (χ3n) is 4.86. The first kappa shape index (κ1) is 26.6. The summed E-state index contributed by atoms with van der Waals surface area (Å²) in [5.41, 5.74) is 6.20. The summed E-state index contributed by atoms with van der Waals surface area (Å²) in [6, 6.07) is 13.4. The maximum Gasteiger partial charge on any atom is 0.573 e. The van der Waals surface area contributed by atoms with E-state index in [1.165, 1.54) is 24.3 Å². The van der Waals surface area contributed by atoms with Crippen LogP contribution in [0.5, 0.6) is 5.75 Å². The summed E-state index contributed by atoms with van der Waals surface area (Å²) in [4.78, 5) is 10.2. The topological polar surface area (TPSA) is 74.7 Å². The van der Waals surface area contributed by atoms with E-state index >= 15 is 0 Å². The predicted octanol–water partition coefficient (Wildman–Crippen LogP) is 6.25. The molecule has 3 aromatic rings. The van der Waals surface area contributed by atoms with Gasteiger partial charge in [-0.1, -0.05) is 38.1 Å².